The molecule has 7 heteroatoms. The Labute approximate surface area is 132 Å². The molecule has 2 amide bonds. The smallest absolute Gasteiger partial charge is 0.257 e. The molecular weight excluding hydrogens is 300 g/mol. The van der Waals surface area contributed by atoms with Gasteiger partial charge in [0.1, 0.15) is 5.01 Å². The molecule has 0 aliphatic rings. The fourth-order valence-electron chi connectivity index (χ4n) is 1.72. The number of carbonyl (C=O) groups is 2. The molecule has 0 saturated carbocycles. The molecule has 0 aliphatic carbocycles. The van der Waals surface area contributed by atoms with Gasteiger partial charge in [-0.1, -0.05) is 24.8 Å². The van der Waals surface area contributed by atoms with Crippen molar-refractivity contribution in [3.63, 3.8) is 0 Å². The average molecular weight is 316 g/mol. The summed E-state index contributed by atoms with van der Waals surface area (Å²) in [7, 11) is 1.65. The van der Waals surface area contributed by atoms with Gasteiger partial charge in [-0.05, 0) is 36.8 Å². The molecule has 0 saturated heterocycles. The van der Waals surface area contributed by atoms with Gasteiger partial charge in [0, 0.05) is 18.3 Å². The van der Waals surface area contributed by atoms with Gasteiger partial charge in [-0.15, -0.1) is 10.2 Å². The van der Waals surface area contributed by atoms with E-state index >= 15 is 0 Å². The molecule has 0 fully saturated rings. The molecule has 1 heterocycles. The summed E-state index contributed by atoms with van der Waals surface area (Å²) in [5, 5.41) is 11.9. The predicted octanol–water partition coefficient (Wildman–Crippen LogP) is 2.50. The number of aromatic nitrogens is 2. The summed E-state index contributed by atoms with van der Waals surface area (Å²) >= 11 is 1.35. The summed E-state index contributed by atoms with van der Waals surface area (Å²) in [6, 6.07) is 6.71. The molecule has 2 aromatic rings. The third-order valence-electron chi connectivity index (χ3n) is 3.01. The van der Waals surface area contributed by atoms with E-state index < -0.39 is 0 Å². The minimum Gasteiger partial charge on any atom is -0.312 e. The van der Waals surface area contributed by atoms with Crippen LogP contribution in [0.1, 0.15) is 22.3 Å². The fraction of sp³-hybridized carbons (Fsp3) is 0.200. The topological polar surface area (TPSA) is 75.2 Å². The van der Waals surface area contributed by atoms with Crippen molar-refractivity contribution >= 4 is 34.0 Å². The Balaban J connectivity index is 2.07. The number of amides is 2. The number of anilines is 2. The van der Waals surface area contributed by atoms with Crippen LogP contribution in [0.2, 0.25) is 0 Å². The lowest BCUT2D eigenvalue weighted by atomic mass is 10.2. The first kappa shape index (κ1) is 15.8. The van der Waals surface area contributed by atoms with Crippen LogP contribution in [0.3, 0.4) is 0 Å². The van der Waals surface area contributed by atoms with Gasteiger partial charge < -0.3 is 4.90 Å². The lowest BCUT2D eigenvalue weighted by Gasteiger charge is -2.15. The van der Waals surface area contributed by atoms with Crippen molar-refractivity contribution in [1.29, 1.82) is 0 Å². The molecular formula is C15H16N4O2S. The minimum absolute atomic E-state index is 0.210. The highest BCUT2D eigenvalue weighted by Gasteiger charge is 2.11. The van der Waals surface area contributed by atoms with Gasteiger partial charge in [-0.3, -0.25) is 14.9 Å². The van der Waals surface area contributed by atoms with E-state index in [2.05, 4.69) is 22.1 Å². The average Bonchev–Trinajstić information content (AvgIpc) is 3.01. The van der Waals surface area contributed by atoms with E-state index in [0.29, 0.717) is 16.4 Å². The molecule has 114 valence electrons. The Morgan fingerprint density at radius 3 is 2.55 bits per heavy atom. The van der Waals surface area contributed by atoms with Crippen molar-refractivity contribution in [3.05, 3.63) is 47.5 Å². The van der Waals surface area contributed by atoms with Crippen LogP contribution in [-0.2, 0) is 11.2 Å². The van der Waals surface area contributed by atoms with Gasteiger partial charge in [0.05, 0.1) is 0 Å². The Bertz CT molecular complexity index is 694. The number of nitrogens with one attached hydrogen (secondary N) is 1. The molecule has 0 bridgehead atoms. The highest BCUT2D eigenvalue weighted by molar-refractivity contribution is 7.15. The molecule has 0 atom stereocenters. The maximum Gasteiger partial charge on any atom is 0.257 e. The first-order valence-electron chi connectivity index (χ1n) is 6.69. The van der Waals surface area contributed by atoms with E-state index in [1.807, 2.05) is 6.92 Å². The van der Waals surface area contributed by atoms with Crippen LogP contribution in [0.25, 0.3) is 0 Å². The Morgan fingerprint density at radius 2 is 2.00 bits per heavy atom. The number of rotatable bonds is 5. The summed E-state index contributed by atoms with van der Waals surface area (Å²) < 4.78 is 0. The van der Waals surface area contributed by atoms with Gasteiger partial charge >= 0.3 is 0 Å². The Morgan fingerprint density at radius 1 is 1.32 bits per heavy atom. The SMILES string of the molecule is C=CC(=O)N(C)c1ccc(C(=O)Nc2nnc(CC)s2)cc1. The molecule has 0 spiro atoms. The third kappa shape index (κ3) is 3.56. The van der Waals surface area contributed by atoms with Crippen molar-refractivity contribution in [3.8, 4) is 0 Å². The second kappa shape index (κ2) is 6.95. The summed E-state index contributed by atoms with van der Waals surface area (Å²) in [6.45, 7) is 5.42. The van der Waals surface area contributed by atoms with Gasteiger partial charge in [0.2, 0.25) is 11.0 Å². The largest absolute Gasteiger partial charge is 0.312 e. The Kier molecular flexibility index (Phi) is 5.00. The number of nitrogens with zero attached hydrogens (tertiary/aromatic N) is 3. The van der Waals surface area contributed by atoms with Crippen molar-refractivity contribution in [1.82, 2.24) is 10.2 Å². The minimum atomic E-state index is -0.261. The van der Waals surface area contributed by atoms with Crippen molar-refractivity contribution in [2.45, 2.75) is 13.3 Å². The Hall–Kier alpha value is -2.54. The van der Waals surface area contributed by atoms with Crippen LogP contribution in [0, 0.1) is 0 Å². The molecule has 1 aromatic carbocycles. The zero-order valence-electron chi connectivity index (χ0n) is 12.4. The highest BCUT2D eigenvalue weighted by atomic mass is 32.1. The van der Waals surface area contributed by atoms with Crippen molar-refractivity contribution in [2.75, 3.05) is 17.3 Å². The van der Waals surface area contributed by atoms with E-state index in [9.17, 15) is 9.59 Å². The molecule has 0 radical (unpaired) electrons. The lowest BCUT2D eigenvalue weighted by molar-refractivity contribution is -0.113. The number of hydrogen-bond acceptors (Lipinski definition) is 5. The second-order valence-corrected chi connectivity index (χ2v) is 5.52. The zero-order valence-corrected chi connectivity index (χ0v) is 13.2. The normalized spacial score (nSPS) is 10.1. The van der Waals surface area contributed by atoms with E-state index in [4.69, 9.17) is 0 Å². The second-order valence-electron chi connectivity index (χ2n) is 4.46. The van der Waals surface area contributed by atoms with E-state index in [-0.39, 0.29) is 11.8 Å². The van der Waals surface area contributed by atoms with Crippen LogP contribution < -0.4 is 10.2 Å². The van der Waals surface area contributed by atoms with Crippen molar-refractivity contribution in [2.24, 2.45) is 0 Å². The van der Waals surface area contributed by atoms with Gasteiger partial charge in [0.15, 0.2) is 0 Å². The molecule has 0 aliphatic heterocycles. The highest BCUT2D eigenvalue weighted by Crippen LogP contribution is 2.18. The first-order valence-corrected chi connectivity index (χ1v) is 7.50. The predicted molar refractivity (Wildman–Crippen MR) is 87.3 cm³/mol. The molecule has 22 heavy (non-hydrogen) atoms. The number of hydrogen-bond donors (Lipinski definition) is 1. The maximum atomic E-state index is 12.1. The lowest BCUT2D eigenvalue weighted by Crippen LogP contribution is -2.23. The quantitative estimate of drug-likeness (QED) is 0.860. The summed E-state index contributed by atoms with van der Waals surface area (Å²) in [4.78, 5) is 25.1. The number of likely N-dealkylation sites (N-methyl/N-ethyl adjacent to an activating group) is 1. The third-order valence-corrected chi connectivity index (χ3v) is 3.99. The van der Waals surface area contributed by atoms with E-state index in [1.54, 1.807) is 31.3 Å². The summed E-state index contributed by atoms with van der Waals surface area (Å²) in [5.74, 6) is -0.471. The van der Waals surface area contributed by atoms with Gasteiger partial charge in [0.25, 0.3) is 5.91 Å². The van der Waals surface area contributed by atoms with Crippen LogP contribution >= 0.6 is 11.3 Å². The standard InChI is InChI=1S/C15H16N4O2S/c1-4-12-17-18-15(22-12)16-14(21)10-6-8-11(9-7-10)19(3)13(20)5-2/h5-9H,2,4H2,1,3H3,(H,16,18,21). The van der Waals surface area contributed by atoms with Crippen LogP contribution in [0.5, 0.6) is 0 Å². The van der Waals surface area contributed by atoms with Crippen LogP contribution in [-0.4, -0.2) is 29.1 Å². The number of aryl methyl sites for hydroxylation is 1. The summed E-state index contributed by atoms with van der Waals surface area (Å²) in [6.07, 6.45) is 2.02. The number of carbonyl (C=O) groups excluding carboxylic acids is 2. The fourth-order valence-corrected chi connectivity index (χ4v) is 2.39. The zero-order chi connectivity index (χ0) is 16.1. The van der Waals surface area contributed by atoms with Crippen LogP contribution in [0.15, 0.2) is 36.9 Å². The molecule has 1 aromatic heterocycles. The molecule has 0 unspecified atom stereocenters. The molecule has 1 N–H and O–H groups in total. The summed E-state index contributed by atoms with van der Waals surface area (Å²) in [5.41, 5.74) is 1.17. The molecule has 6 nitrogen and oxygen atoms in total. The first-order chi connectivity index (χ1) is 10.5. The van der Waals surface area contributed by atoms with E-state index in [0.717, 1.165) is 11.4 Å². The van der Waals surface area contributed by atoms with Gasteiger partial charge in [-0.2, -0.15) is 0 Å². The molecule has 2 rings (SSSR count). The van der Waals surface area contributed by atoms with Crippen LogP contribution in [0.4, 0.5) is 10.8 Å². The maximum absolute atomic E-state index is 12.1. The monoisotopic (exact) mass is 316 g/mol. The number of benzene rings is 1. The van der Waals surface area contributed by atoms with E-state index in [1.165, 1.54) is 22.3 Å². The van der Waals surface area contributed by atoms with Crippen molar-refractivity contribution < 1.29 is 9.59 Å². The van der Waals surface area contributed by atoms with Gasteiger partial charge in [-0.25, -0.2) is 0 Å².